The number of carbonyl (C=O) groups is 3. The zero-order valence-corrected chi connectivity index (χ0v) is 17.9. The molecule has 0 spiro atoms. The molecule has 2 heterocycles. The van der Waals surface area contributed by atoms with Gasteiger partial charge in [0.15, 0.2) is 0 Å². The Balaban J connectivity index is 1.24. The number of fused-ring (bicyclic) bond motifs is 1. The van der Waals surface area contributed by atoms with E-state index in [0.717, 1.165) is 56.8 Å². The summed E-state index contributed by atoms with van der Waals surface area (Å²) in [7, 11) is 0. The number of nitrogens with one attached hydrogen (secondary N) is 1. The van der Waals surface area contributed by atoms with Gasteiger partial charge in [-0.05, 0) is 55.8 Å². The van der Waals surface area contributed by atoms with E-state index in [1.165, 1.54) is 23.3 Å². The maximum absolute atomic E-state index is 12.5. The quantitative estimate of drug-likeness (QED) is 0.731. The number of carbonyl (C=O) groups excluding carboxylic acids is 3. The average molecular weight is 412 g/mol. The van der Waals surface area contributed by atoms with Gasteiger partial charge in [0, 0.05) is 13.1 Å². The normalized spacial score (nSPS) is 25.4. The second kappa shape index (κ2) is 9.29. The van der Waals surface area contributed by atoms with Gasteiger partial charge in [-0.1, -0.05) is 44.0 Å². The third-order valence-corrected chi connectivity index (χ3v) is 7.03. The maximum Gasteiger partial charge on any atom is 0.240 e. The average Bonchev–Trinajstić information content (AvgIpc) is 3.00. The summed E-state index contributed by atoms with van der Waals surface area (Å²) < 4.78 is 0. The van der Waals surface area contributed by atoms with Crippen LogP contribution in [0.5, 0.6) is 0 Å². The first-order valence-electron chi connectivity index (χ1n) is 11.4. The first-order chi connectivity index (χ1) is 14.5. The summed E-state index contributed by atoms with van der Waals surface area (Å²) in [5, 5.41) is 2.86. The molecule has 2 saturated heterocycles. The highest BCUT2D eigenvalue weighted by Gasteiger charge is 2.48. The molecule has 1 N–H and O–H groups in total. The Bertz CT molecular complexity index is 759. The van der Waals surface area contributed by atoms with Crippen LogP contribution in [0.1, 0.15) is 56.6 Å². The van der Waals surface area contributed by atoms with Gasteiger partial charge in [0.25, 0.3) is 0 Å². The van der Waals surface area contributed by atoms with Crippen LogP contribution in [0, 0.1) is 17.8 Å². The van der Waals surface area contributed by atoms with Crippen molar-refractivity contribution in [1.29, 1.82) is 0 Å². The number of likely N-dealkylation sites (tertiary alicyclic amines) is 2. The molecule has 0 unspecified atom stereocenters. The summed E-state index contributed by atoms with van der Waals surface area (Å²) in [4.78, 5) is 41.0. The Hall–Kier alpha value is -2.21. The Morgan fingerprint density at radius 1 is 0.933 bits per heavy atom. The first kappa shape index (κ1) is 21.0. The molecule has 1 aliphatic carbocycles. The topological polar surface area (TPSA) is 69.7 Å². The minimum atomic E-state index is -0.276. The highest BCUT2D eigenvalue weighted by Crippen LogP contribution is 2.37. The molecule has 162 valence electrons. The predicted octanol–water partition coefficient (Wildman–Crippen LogP) is 2.71. The van der Waals surface area contributed by atoms with Crippen molar-refractivity contribution >= 4 is 17.7 Å². The molecule has 2 aliphatic heterocycles. The molecule has 3 aliphatic rings. The van der Waals surface area contributed by atoms with Gasteiger partial charge in [-0.25, -0.2) is 0 Å². The minimum absolute atomic E-state index is 0.156. The van der Waals surface area contributed by atoms with Gasteiger partial charge in [0.05, 0.1) is 11.8 Å². The third-order valence-electron chi connectivity index (χ3n) is 7.03. The third kappa shape index (κ3) is 4.75. The summed E-state index contributed by atoms with van der Waals surface area (Å²) >= 11 is 0. The monoisotopic (exact) mass is 411 g/mol. The molecular weight excluding hydrogens is 378 g/mol. The lowest BCUT2D eigenvalue weighted by molar-refractivity contribution is -0.143. The van der Waals surface area contributed by atoms with Crippen LogP contribution in [-0.4, -0.2) is 47.2 Å². The fraction of sp³-hybridized carbons (Fsp3) is 0.625. The number of piperidine rings is 1. The summed E-state index contributed by atoms with van der Waals surface area (Å²) in [5.74, 6) is -0.152. The summed E-state index contributed by atoms with van der Waals surface area (Å²) in [6.07, 6.45) is 6.08. The lowest BCUT2D eigenvalue weighted by Crippen LogP contribution is -2.40. The van der Waals surface area contributed by atoms with Gasteiger partial charge in [-0.15, -0.1) is 0 Å². The molecule has 3 amide bonds. The standard InChI is InChI=1S/C24H33N3O3/c1-17-10-12-26(13-11-17)15-19-8-6-18(7-9-19)14-25-22(28)16-27-23(29)20-4-2-3-5-21(20)24(27)30/h6-9,17,20-21H,2-5,10-16H2,1H3,(H,25,28)/t20-,21-/m1/s1. The number of amides is 3. The Labute approximate surface area is 179 Å². The van der Waals surface area contributed by atoms with Crippen molar-refractivity contribution in [2.24, 2.45) is 17.8 Å². The van der Waals surface area contributed by atoms with E-state index < -0.39 is 0 Å². The van der Waals surface area contributed by atoms with Gasteiger partial charge in [-0.3, -0.25) is 24.2 Å². The van der Waals surface area contributed by atoms with Crippen molar-refractivity contribution in [3.8, 4) is 0 Å². The molecule has 0 radical (unpaired) electrons. The second-order valence-electron chi connectivity index (χ2n) is 9.31. The predicted molar refractivity (Wildman–Crippen MR) is 114 cm³/mol. The summed E-state index contributed by atoms with van der Waals surface area (Å²) in [6.45, 7) is 5.87. The molecular formula is C24H33N3O3. The van der Waals surface area contributed by atoms with Crippen molar-refractivity contribution in [2.75, 3.05) is 19.6 Å². The van der Waals surface area contributed by atoms with Crippen LogP contribution in [0.4, 0.5) is 0 Å². The highest BCUT2D eigenvalue weighted by molar-refractivity contribution is 6.07. The molecule has 1 aromatic carbocycles. The fourth-order valence-electron chi connectivity index (χ4n) is 5.03. The number of hydrogen-bond acceptors (Lipinski definition) is 4. The molecule has 1 saturated carbocycles. The van der Waals surface area contributed by atoms with Crippen molar-refractivity contribution in [3.63, 3.8) is 0 Å². The molecule has 30 heavy (non-hydrogen) atoms. The molecule has 3 fully saturated rings. The van der Waals surface area contributed by atoms with E-state index in [9.17, 15) is 14.4 Å². The van der Waals surface area contributed by atoms with Crippen LogP contribution < -0.4 is 5.32 Å². The molecule has 0 bridgehead atoms. The van der Waals surface area contributed by atoms with E-state index in [4.69, 9.17) is 0 Å². The van der Waals surface area contributed by atoms with Crippen LogP contribution in [0.25, 0.3) is 0 Å². The van der Waals surface area contributed by atoms with Gasteiger partial charge in [-0.2, -0.15) is 0 Å². The molecule has 6 nitrogen and oxygen atoms in total. The number of imide groups is 1. The molecule has 2 atom stereocenters. The lowest BCUT2D eigenvalue weighted by atomic mass is 9.81. The Kier molecular flexibility index (Phi) is 6.52. The van der Waals surface area contributed by atoms with Crippen molar-refractivity contribution in [2.45, 2.75) is 58.5 Å². The fourth-order valence-corrected chi connectivity index (χ4v) is 5.03. The van der Waals surface area contributed by atoms with Crippen LogP contribution in [0.2, 0.25) is 0 Å². The van der Waals surface area contributed by atoms with E-state index in [0.29, 0.717) is 6.54 Å². The van der Waals surface area contributed by atoms with E-state index in [2.05, 4.69) is 29.3 Å². The van der Waals surface area contributed by atoms with Crippen molar-refractivity contribution in [3.05, 3.63) is 35.4 Å². The molecule has 4 rings (SSSR count). The zero-order chi connectivity index (χ0) is 21.1. The van der Waals surface area contributed by atoms with Gasteiger partial charge >= 0.3 is 0 Å². The summed E-state index contributed by atoms with van der Waals surface area (Å²) in [6, 6.07) is 8.33. The van der Waals surface area contributed by atoms with E-state index >= 15 is 0 Å². The Morgan fingerprint density at radius 2 is 1.50 bits per heavy atom. The Morgan fingerprint density at radius 3 is 2.10 bits per heavy atom. The first-order valence-corrected chi connectivity index (χ1v) is 11.4. The maximum atomic E-state index is 12.5. The van der Waals surface area contributed by atoms with E-state index in [1.807, 2.05) is 12.1 Å². The van der Waals surface area contributed by atoms with Crippen LogP contribution in [0.3, 0.4) is 0 Å². The van der Waals surface area contributed by atoms with Crippen LogP contribution in [0.15, 0.2) is 24.3 Å². The number of rotatable bonds is 6. The highest BCUT2D eigenvalue weighted by atomic mass is 16.2. The smallest absolute Gasteiger partial charge is 0.240 e. The van der Waals surface area contributed by atoms with E-state index in [1.54, 1.807) is 0 Å². The summed E-state index contributed by atoms with van der Waals surface area (Å²) in [5.41, 5.74) is 2.31. The second-order valence-corrected chi connectivity index (χ2v) is 9.31. The van der Waals surface area contributed by atoms with Crippen LogP contribution in [-0.2, 0) is 27.5 Å². The largest absolute Gasteiger partial charge is 0.350 e. The number of benzene rings is 1. The number of hydrogen-bond donors (Lipinski definition) is 1. The van der Waals surface area contributed by atoms with Gasteiger partial charge in [0.1, 0.15) is 6.54 Å². The van der Waals surface area contributed by atoms with Crippen molar-refractivity contribution < 1.29 is 14.4 Å². The molecule has 6 heteroatoms. The van der Waals surface area contributed by atoms with Crippen molar-refractivity contribution in [1.82, 2.24) is 15.1 Å². The van der Waals surface area contributed by atoms with Gasteiger partial charge < -0.3 is 5.32 Å². The number of nitrogens with zero attached hydrogens (tertiary/aromatic N) is 2. The lowest BCUT2D eigenvalue weighted by Gasteiger charge is -2.30. The molecule has 0 aromatic heterocycles. The SMILES string of the molecule is CC1CCN(Cc2ccc(CNC(=O)CN3C(=O)[C@@H]4CCCC[C@H]4C3=O)cc2)CC1. The molecule has 1 aromatic rings. The zero-order valence-electron chi connectivity index (χ0n) is 17.9. The van der Waals surface area contributed by atoms with Gasteiger partial charge in [0.2, 0.25) is 17.7 Å². The minimum Gasteiger partial charge on any atom is -0.350 e. The van der Waals surface area contributed by atoms with Crippen LogP contribution >= 0.6 is 0 Å². The van der Waals surface area contributed by atoms with E-state index in [-0.39, 0.29) is 36.1 Å².